The highest BCUT2D eigenvalue weighted by Gasteiger charge is 2.27. The van der Waals surface area contributed by atoms with E-state index in [2.05, 4.69) is 4.72 Å². The van der Waals surface area contributed by atoms with Gasteiger partial charge in [0.2, 0.25) is 0 Å². The van der Waals surface area contributed by atoms with E-state index >= 15 is 0 Å². The molecule has 0 aliphatic rings. The Balaban J connectivity index is 4.77. The van der Waals surface area contributed by atoms with Gasteiger partial charge in [0.25, 0.3) is 10.2 Å². The Labute approximate surface area is 96.8 Å². The molecule has 6 nitrogen and oxygen atoms in total. The van der Waals surface area contributed by atoms with Gasteiger partial charge in [0.15, 0.2) is 0 Å². The molecular weight excluding hydrogens is 232 g/mol. The van der Waals surface area contributed by atoms with E-state index < -0.39 is 22.2 Å². The molecule has 7 heteroatoms. The maximum Gasteiger partial charge on any atom is 0.304 e. The third kappa shape index (κ3) is 4.91. The summed E-state index contributed by atoms with van der Waals surface area (Å²) in [7, 11) is -3.60. The second-order valence-corrected chi connectivity index (χ2v) is 5.58. The first-order valence-electron chi connectivity index (χ1n) is 5.21. The quantitative estimate of drug-likeness (QED) is 0.687. The van der Waals surface area contributed by atoms with Crippen LogP contribution >= 0.6 is 0 Å². The number of hydrogen-bond donors (Lipinski definition) is 2. The number of nitrogens with zero attached hydrogens (tertiary/aromatic N) is 1. The van der Waals surface area contributed by atoms with E-state index in [-0.39, 0.29) is 19.0 Å². The second kappa shape index (κ2) is 6.17. The molecule has 0 saturated carbocycles. The molecule has 0 amide bonds. The van der Waals surface area contributed by atoms with Crippen LogP contribution in [0, 0.1) is 0 Å². The third-order valence-electron chi connectivity index (χ3n) is 1.97. The van der Waals surface area contributed by atoms with Crippen molar-refractivity contribution in [2.24, 2.45) is 0 Å². The predicted octanol–water partition coefficient (Wildman–Crippen LogP) is 0.414. The fourth-order valence-corrected chi connectivity index (χ4v) is 3.06. The summed E-state index contributed by atoms with van der Waals surface area (Å²) in [5, 5.41) is 8.63. The SMILES string of the molecule is CCN(C(C)CC(=O)O)S(=O)(=O)NC(C)C. The smallest absolute Gasteiger partial charge is 0.304 e. The second-order valence-electron chi connectivity index (χ2n) is 3.93. The molecule has 96 valence electrons. The molecule has 0 fully saturated rings. The number of nitrogens with one attached hydrogen (secondary N) is 1. The van der Waals surface area contributed by atoms with Gasteiger partial charge in [0.1, 0.15) is 0 Å². The Bertz CT molecular complexity index is 326. The molecular formula is C9H20N2O4S. The summed E-state index contributed by atoms with van der Waals surface area (Å²) >= 11 is 0. The van der Waals surface area contributed by atoms with E-state index in [1.165, 1.54) is 0 Å². The van der Waals surface area contributed by atoms with Crippen LogP contribution < -0.4 is 4.72 Å². The number of aliphatic carboxylic acids is 1. The van der Waals surface area contributed by atoms with Gasteiger partial charge in [-0.3, -0.25) is 4.79 Å². The highest BCUT2D eigenvalue weighted by molar-refractivity contribution is 7.87. The summed E-state index contributed by atoms with van der Waals surface area (Å²) in [5.41, 5.74) is 0. The minimum Gasteiger partial charge on any atom is -0.481 e. The number of carboxylic acids is 1. The lowest BCUT2D eigenvalue weighted by Gasteiger charge is -2.27. The van der Waals surface area contributed by atoms with Crippen molar-refractivity contribution in [2.45, 2.75) is 46.2 Å². The lowest BCUT2D eigenvalue weighted by molar-refractivity contribution is -0.137. The third-order valence-corrected chi connectivity index (χ3v) is 3.97. The molecule has 2 N–H and O–H groups in total. The van der Waals surface area contributed by atoms with Crippen LogP contribution in [0.4, 0.5) is 0 Å². The van der Waals surface area contributed by atoms with Gasteiger partial charge in [0.05, 0.1) is 6.42 Å². The summed E-state index contributed by atoms with van der Waals surface area (Å²) in [6.07, 6.45) is -0.202. The maximum atomic E-state index is 11.8. The standard InChI is InChI=1S/C9H20N2O4S/c1-5-11(8(4)6-9(12)13)16(14,15)10-7(2)3/h7-8,10H,5-6H2,1-4H3,(H,12,13). The average molecular weight is 252 g/mol. The van der Waals surface area contributed by atoms with Gasteiger partial charge in [-0.25, -0.2) is 0 Å². The van der Waals surface area contributed by atoms with Crippen LogP contribution in [0.15, 0.2) is 0 Å². The molecule has 0 aliphatic heterocycles. The molecule has 16 heavy (non-hydrogen) atoms. The fourth-order valence-electron chi connectivity index (χ4n) is 1.44. The number of carboxylic acid groups (broad SMARTS) is 1. The van der Waals surface area contributed by atoms with Crippen molar-refractivity contribution in [3.8, 4) is 0 Å². The monoisotopic (exact) mass is 252 g/mol. The summed E-state index contributed by atoms with van der Waals surface area (Å²) in [6, 6.07) is -0.769. The number of hydrogen-bond acceptors (Lipinski definition) is 3. The van der Waals surface area contributed by atoms with Gasteiger partial charge in [-0.1, -0.05) is 6.92 Å². The maximum absolute atomic E-state index is 11.8. The molecule has 0 aromatic rings. The van der Waals surface area contributed by atoms with E-state index in [1.807, 2.05) is 0 Å². The Kier molecular flexibility index (Phi) is 5.91. The Morgan fingerprint density at radius 3 is 2.19 bits per heavy atom. The Morgan fingerprint density at radius 1 is 1.38 bits per heavy atom. The van der Waals surface area contributed by atoms with Crippen LogP contribution in [0.3, 0.4) is 0 Å². The van der Waals surface area contributed by atoms with Crippen molar-refractivity contribution in [1.29, 1.82) is 0 Å². The predicted molar refractivity (Wildman–Crippen MR) is 61.3 cm³/mol. The first kappa shape index (κ1) is 15.3. The normalized spacial score (nSPS) is 14.4. The molecule has 0 radical (unpaired) electrons. The van der Waals surface area contributed by atoms with Gasteiger partial charge < -0.3 is 5.11 Å². The minimum absolute atomic E-state index is 0.202. The topological polar surface area (TPSA) is 86.7 Å². The van der Waals surface area contributed by atoms with E-state index in [0.29, 0.717) is 0 Å². The van der Waals surface area contributed by atoms with Gasteiger partial charge in [-0.2, -0.15) is 17.4 Å². The van der Waals surface area contributed by atoms with Crippen LogP contribution in [-0.4, -0.2) is 42.4 Å². The highest BCUT2D eigenvalue weighted by Crippen LogP contribution is 2.09. The summed E-state index contributed by atoms with van der Waals surface area (Å²) in [6.45, 7) is 6.94. The van der Waals surface area contributed by atoms with Crippen LogP contribution in [-0.2, 0) is 15.0 Å². The molecule has 0 heterocycles. The molecule has 1 unspecified atom stereocenters. The van der Waals surface area contributed by atoms with E-state index in [4.69, 9.17) is 5.11 Å². The van der Waals surface area contributed by atoms with Crippen molar-refractivity contribution in [3.05, 3.63) is 0 Å². The summed E-state index contributed by atoms with van der Waals surface area (Å²) < 4.78 is 27.2. The van der Waals surface area contributed by atoms with Gasteiger partial charge in [-0.05, 0) is 20.8 Å². The Morgan fingerprint density at radius 2 is 1.88 bits per heavy atom. The van der Waals surface area contributed by atoms with Gasteiger partial charge >= 0.3 is 5.97 Å². The molecule has 0 saturated heterocycles. The number of rotatable bonds is 7. The number of carbonyl (C=O) groups is 1. The molecule has 0 bridgehead atoms. The lowest BCUT2D eigenvalue weighted by atomic mass is 10.2. The zero-order valence-electron chi connectivity index (χ0n) is 10.1. The van der Waals surface area contributed by atoms with Crippen LogP contribution in [0.5, 0.6) is 0 Å². The van der Waals surface area contributed by atoms with Crippen molar-refractivity contribution >= 4 is 16.2 Å². The molecule has 0 aliphatic carbocycles. The average Bonchev–Trinajstić information content (AvgIpc) is 1.99. The van der Waals surface area contributed by atoms with E-state index in [1.54, 1.807) is 27.7 Å². The largest absolute Gasteiger partial charge is 0.481 e. The zero-order chi connectivity index (χ0) is 12.9. The highest BCUT2D eigenvalue weighted by atomic mass is 32.2. The molecule has 0 spiro atoms. The van der Waals surface area contributed by atoms with Crippen LogP contribution in [0.1, 0.15) is 34.1 Å². The Hall–Kier alpha value is -0.660. The zero-order valence-corrected chi connectivity index (χ0v) is 10.9. The van der Waals surface area contributed by atoms with Crippen molar-refractivity contribution in [2.75, 3.05) is 6.54 Å². The minimum atomic E-state index is -3.60. The van der Waals surface area contributed by atoms with Crippen molar-refractivity contribution in [3.63, 3.8) is 0 Å². The van der Waals surface area contributed by atoms with E-state index in [9.17, 15) is 13.2 Å². The lowest BCUT2D eigenvalue weighted by Crippen LogP contribution is -2.48. The molecule has 0 aromatic heterocycles. The molecule has 1 atom stereocenters. The molecule has 0 aromatic carbocycles. The first-order chi connectivity index (χ1) is 7.20. The van der Waals surface area contributed by atoms with E-state index in [0.717, 1.165) is 4.31 Å². The summed E-state index contributed by atoms with van der Waals surface area (Å²) in [4.78, 5) is 10.5. The van der Waals surface area contributed by atoms with Crippen LogP contribution in [0.25, 0.3) is 0 Å². The van der Waals surface area contributed by atoms with Gasteiger partial charge in [0, 0.05) is 18.6 Å². The van der Waals surface area contributed by atoms with Crippen molar-refractivity contribution < 1.29 is 18.3 Å². The van der Waals surface area contributed by atoms with Crippen molar-refractivity contribution in [1.82, 2.24) is 9.03 Å². The first-order valence-corrected chi connectivity index (χ1v) is 6.65. The fraction of sp³-hybridized carbons (Fsp3) is 0.889. The molecule has 0 rings (SSSR count). The van der Waals surface area contributed by atoms with Crippen LogP contribution in [0.2, 0.25) is 0 Å². The summed E-state index contributed by atoms with van der Waals surface area (Å²) in [5.74, 6) is -1.01. The van der Waals surface area contributed by atoms with Gasteiger partial charge in [-0.15, -0.1) is 0 Å².